The van der Waals surface area contributed by atoms with Crippen molar-refractivity contribution >= 4 is 11.0 Å². The summed E-state index contributed by atoms with van der Waals surface area (Å²) in [6.45, 7) is 0. The van der Waals surface area contributed by atoms with E-state index in [1.807, 2.05) is 60.7 Å². The summed E-state index contributed by atoms with van der Waals surface area (Å²) in [5, 5.41) is 3.61. The van der Waals surface area contributed by atoms with Crippen molar-refractivity contribution < 1.29 is 4.74 Å². The van der Waals surface area contributed by atoms with E-state index in [0.717, 1.165) is 22.6 Å². The highest BCUT2D eigenvalue weighted by Gasteiger charge is 2.10. The number of hydrogen-bond donors (Lipinski definition) is 1. The van der Waals surface area contributed by atoms with E-state index < -0.39 is 0 Å². The van der Waals surface area contributed by atoms with Gasteiger partial charge >= 0.3 is 0 Å². The van der Waals surface area contributed by atoms with Crippen molar-refractivity contribution in [2.45, 2.75) is 0 Å². The van der Waals surface area contributed by atoms with E-state index in [1.54, 1.807) is 13.3 Å². The molecule has 5 nitrogen and oxygen atoms in total. The summed E-state index contributed by atoms with van der Waals surface area (Å²) in [7, 11) is 1.63. The van der Waals surface area contributed by atoms with E-state index in [2.05, 4.69) is 10.1 Å². The van der Waals surface area contributed by atoms with Crippen LogP contribution >= 0.6 is 0 Å². The lowest BCUT2D eigenvalue weighted by Crippen LogP contribution is -2.13. The number of pyridine rings is 1. The van der Waals surface area contributed by atoms with E-state index in [1.165, 1.54) is 4.68 Å². The van der Waals surface area contributed by atoms with E-state index in [-0.39, 0.29) is 5.56 Å². The molecule has 24 heavy (non-hydrogen) atoms. The molecule has 4 aromatic rings. The third kappa shape index (κ3) is 2.36. The highest BCUT2D eigenvalue weighted by Crippen LogP contribution is 2.23. The molecule has 2 aromatic heterocycles. The highest BCUT2D eigenvalue weighted by molar-refractivity contribution is 5.80. The number of nitrogens with zero attached hydrogens (tertiary/aromatic N) is 2. The van der Waals surface area contributed by atoms with E-state index in [4.69, 9.17) is 4.74 Å². The number of benzene rings is 2. The van der Waals surface area contributed by atoms with Gasteiger partial charge in [-0.15, -0.1) is 0 Å². The fourth-order valence-electron chi connectivity index (χ4n) is 2.69. The number of ether oxygens (including phenoxy) is 1. The summed E-state index contributed by atoms with van der Waals surface area (Å²) >= 11 is 0. The third-order valence-electron chi connectivity index (χ3n) is 3.98. The van der Waals surface area contributed by atoms with Gasteiger partial charge in [-0.2, -0.15) is 0 Å². The summed E-state index contributed by atoms with van der Waals surface area (Å²) < 4.78 is 6.68. The molecule has 0 saturated heterocycles. The molecule has 2 aromatic carbocycles. The lowest BCUT2D eigenvalue weighted by Gasteiger charge is -2.03. The molecule has 0 aliphatic carbocycles. The van der Waals surface area contributed by atoms with Crippen molar-refractivity contribution in [3.8, 4) is 22.6 Å². The lowest BCUT2D eigenvalue weighted by molar-refractivity contribution is 0.415. The second-order valence-corrected chi connectivity index (χ2v) is 5.44. The fraction of sp³-hybridized carbons (Fsp3) is 0.0526. The molecule has 0 unspecified atom stereocenters. The monoisotopic (exact) mass is 317 g/mol. The Morgan fingerprint density at radius 1 is 1.00 bits per heavy atom. The van der Waals surface area contributed by atoms with Crippen LogP contribution in [0.15, 0.2) is 71.7 Å². The van der Waals surface area contributed by atoms with Crippen molar-refractivity contribution in [1.82, 2.24) is 14.8 Å². The Kier molecular flexibility index (Phi) is 3.39. The van der Waals surface area contributed by atoms with E-state index in [0.29, 0.717) is 11.0 Å². The zero-order valence-electron chi connectivity index (χ0n) is 13.1. The first-order valence-electron chi connectivity index (χ1n) is 7.57. The molecule has 0 aliphatic rings. The second-order valence-electron chi connectivity index (χ2n) is 5.44. The first-order valence-corrected chi connectivity index (χ1v) is 7.57. The molecule has 5 heteroatoms. The highest BCUT2D eigenvalue weighted by atomic mass is 16.5. The fourth-order valence-corrected chi connectivity index (χ4v) is 2.69. The maximum absolute atomic E-state index is 12.7. The Morgan fingerprint density at radius 3 is 2.46 bits per heavy atom. The van der Waals surface area contributed by atoms with Crippen LogP contribution in [0.2, 0.25) is 0 Å². The molecule has 4 rings (SSSR count). The van der Waals surface area contributed by atoms with E-state index in [9.17, 15) is 4.79 Å². The van der Waals surface area contributed by atoms with Gasteiger partial charge in [-0.1, -0.05) is 30.3 Å². The van der Waals surface area contributed by atoms with Crippen molar-refractivity contribution in [3.63, 3.8) is 0 Å². The standard InChI is InChI=1S/C19H15N3O2/c1-24-16-9-7-13(8-10-16)14-11-17-18(20-12-14)21-22(19(17)23)15-5-3-2-4-6-15/h2-12H,1H3,(H,20,21). The van der Waals surface area contributed by atoms with Gasteiger partial charge in [-0.25, -0.2) is 9.67 Å². The SMILES string of the molecule is COc1ccc(-c2cnc3[nH]n(-c4ccccc4)c(=O)c3c2)cc1. The Labute approximate surface area is 138 Å². The van der Waals surface area contributed by atoms with E-state index >= 15 is 0 Å². The third-order valence-corrected chi connectivity index (χ3v) is 3.98. The first-order chi connectivity index (χ1) is 11.8. The Bertz CT molecular complexity index is 1050. The van der Waals surface area contributed by atoms with Crippen LogP contribution in [0.3, 0.4) is 0 Å². The van der Waals surface area contributed by atoms with Crippen molar-refractivity contribution in [1.29, 1.82) is 0 Å². The minimum absolute atomic E-state index is 0.112. The maximum atomic E-state index is 12.7. The molecule has 118 valence electrons. The average Bonchev–Trinajstić information content (AvgIpc) is 2.99. The molecule has 0 spiro atoms. The summed E-state index contributed by atoms with van der Waals surface area (Å²) in [6.07, 6.45) is 1.76. The molecule has 1 N–H and O–H groups in total. The molecule has 2 heterocycles. The number of aromatic amines is 1. The number of nitrogens with one attached hydrogen (secondary N) is 1. The van der Waals surface area contributed by atoms with Gasteiger partial charge < -0.3 is 4.74 Å². The second kappa shape index (κ2) is 5.70. The Hall–Kier alpha value is -3.34. The number of para-hydroxylation sites is 1. The van der Waals surface area contributed by atoms with Crippen molar-refractivity contribution in [2.24, 2.45) is 0 Å². The summed E-state index contributed by atoms with van der Waals surface area (Å²) in [6, 6.07) is 19.0. The van der Waals surface area contributed by atoms with Gasteiger partial charge in [0.25, 0.3) is 5.56 Å². The molecule has 0 amide bonds. The molecule has 0 radical (unpaired) electrons. The Morgan fingerprint density at radius 2 is 1.75 bits per heavy atom. The number of hydrogen-bond acceptors (Lipinski definition) is 3. The van der Waals surface area contributed by atoms with Gasteiger partial charge in [0.15, 0.2) is 5.65 Å². The minimum atomic E-state index is -0.112. The van der Waals surface area contributed by atoms with Crippen LogP contribution < -0.4 is 10.3 Å². The summed E-state index contributed by atoms with van der Waals surface area (Å²) in [5.41, 5.74) is 3.12. The molecular formula is C19H15N3O2. The van der Waals surface area contributed by atoms with Crippen LogP contribution in [-0.2, 0) is 0 Å². The minimum Gasteiger partial charge on any atom is -0.497 e. The average molecular weight is 317 g/mol. The van der Waals surface area contributed by atoms with Crippen LogP contribution in [-0.4, -0.2) is 21.9 Å². The number of H-pyrrole nitrogens is 1. The first kappa shape index (κ1) is 14.3. The Balaban J connectivity index is 1.83. The topological polar surface area (TPSA) is 59.9 Å². The summed E-state index contributed by atoms with van der Waals surface area (Å²) in [5.74, 6) is 0.792. The zero-order chi connectivity index (χ0) is 16.5. The normalized spacial score (nSPS) is 10.9. The van der Waals surface area contributed by atoms with Crippen LogP contribution in [0.1, 0.15) is 0 Å². The molecule has 0 bridgehead atoms. The zero-order valence-corrected chi connectivity index (χ0v) is 13.1. The van der Waals surface area contributed by atoms with Gasteiger partial charge in [-0.3, -0.25) is 9.89 Å². The largest absolute Gasteiger partial charge is 0.497 e. The molecular weight excluding hydrogens is 302 g/mol. The van der Waals surface area contributed by atoms with Crippen LogP contribution in [0.25, 0.3) is 27.8 Å². The van der Waals surface area contributed by atoms with Gasteiger partial charge in [0.2, 0.25) is 0 Å². The molecule has 0 atom stereocenters. The number of fused-ring (bicyclic) bond motifs is 1. The summed E-state index contributed by atoms with van der Waals surface area (Å²) in [4.78, 5) is 17.1. The number of rotatable bonds is 3. The molecule has 0 fully saturated rings. The van der Waals surface area contributed by atoms with Crippen LogP contribution in [0.5, 0.6) is 5.75 Å². The van der Waals surface area contributed by atoms with Gasteiger partial charge in [0.1, 0.15) is 5.75 Å². The lowest BCUT2D eigenvalue weighted by atomic mass is 10.1. The molecule has 0 aliphatic heterocycles. The van der Waals surface area contributed by atoms with Crippen molar-refractivity contribution in [2.75, 3.05) is 7.11 Å². The van der Waals surface area contributed by atoms with Crippen LogP contribution in [0, 0.1) is 0 Å². The number of methoxy groups -OCH3 is 1. The quantitative estimate of drug-likeness (QED) is 0.630. The number of aromatic nitrogens is 3. The predicted octanol–water partition coefficient (Wildman–Crippen LogP) is 3.39. The molecule has 0 saturated carbocycles. The smallest absolute Gasteiger partial charge is 0.280 e. The van der Waals surface area contributed by atoms with Gasteiger partial charge in [0, 0.05) is 11.8 Å². The van der Waals surface area contributed by atoms with Crippen LogP contribution in [0.4, 0.5) is 0 Å². The van der Waals surface area contributed by atoms with Gasteiger partial charge in [0.05, 0.1) is 18.2 Å². The van der Waals surface area contributed by atoms with Gasteiger partial charge in [-0.05, 0) is 35.9 Å². The van der Waals surface area contributed by atoms with Crippen molar-refractivity contribution in [3.05, 3.63) is 77.2 Å². The predicted molar refractivity (Wildman–Crippen MR) is 93.7 cm³/mol. The maximum Gasteiger partial charge on any atom is 0.280 e.